The molecule has 0 unspecified atom stereocenters. The van der Waals surface area contributed by atoms with Crippen molar-refractivity contribution in [2.45, 2.75) is 64.7 Å². The molecule has 0 aromatic heterocycles. The van der Waals surface area contributed by atoms with Gasteiger partial charge in [0.25, 0.3) is 0 Å². The zero-order valence-electron chi connectivity index (χ0n) is 15.0. The molecule has 0 aliphatic heterocycles. The zero-order valence-corrected chi connectivity index (χ0v) is 15.8. The maximum Gasteiger partial charge on any atom is 0.243 e. The van der Waals surface area contributed by atoms with Crippen molar-refractivity contribution in [3.05, 3.63) is 12.7 Å². The summed E-state index contributed by atoms with van der Waals surface area (Å²) in [6, 6.07) is 0. The minimum Gasteiger partial charge on any atom is -1.00 e. The van der Waals surface area contributed by atoms with Gasteiger partial charge >= 0.3 is 0 Å². The highest BCUT2D eigenvalue weighted by Crippen LogP contribution is 2.10. The molecule has 0 saturated heterocycles. The number of unbranched alkanes of at least 4 members (excludes halogenated alkanes) is 7. The van der Waals surface area contributed by atoms with E-state index in [0.717, 1.165) is 24.0 Å². The van der Waals surface area contributed by atoms with Crippen molar-refractivity contribution in [3.8, 4) is 0 Å². The van der Waals surface area contributed by atoms with Crippen LogP contribution in [0.4, 0.5) is 0 Å². The highest BCUT2D eigenvalue weighted by atomic mass is 35.5. The van der Waals surface area contributed by atoms with Crippen LogP contribution in [0.1, 0.15) is 64.7 Å². The second kappa shape index (κ2) is 15.4. The van der Waals surface area contributed by atoms with Gasteiger partial charge in [-0.25, -0.2) is 0 Å². The molecule has 0 aromatic carbocycles. The molecule has 0 bridgehead atoms. The van der Waals surface area contributed by atoms with Crippen LogP contribution in [0.5, 0.6) is 0 Å². The van der Waals surface area contributed by atoms with Crippen molar-refractivity contribution in [3.63, 3.8) is 0 Å². The van der Waals surface area contributed by atoms with Gasteiger partial charge in [-0.05, 0) is 18.9 Å². The van der Waals surface area contributed by atoms with Crippen molar-refractivity contribution >= 4 is 5.91 Å². The van der Waals surface area contributed by atoms with Crippen LogP contribution in [0.2, 0.25) is 0 Å². The fraction of sp³-hybridized carbons (Fsp3) is 0.833. The SMILES string of the molecule is C=CC(=O)NCCC[N+](C)(C)CCCCCCCCCC.[Cl-]. The van der Waals surface area contributed by atoms with Gasteiger partial charge in [-0.15, -0.1) is 0 Å². The molecule has 0 saturated carbocycles. The Bertz CT molecular complexity index is 280. The van der Waals surface area contributed by atoms with Crippen molar-refractivity contribution in [2.24, 2.45) is 0 Å². The third-order valence-electron chi connectivity index (χ3n) is 4.04. The van der Waals surface area contributed by atoms with E-state index in [2.05, 4.69) is 32.9 Å². The summed E-state index contributed by atoms with van der Waals surface area (Å²) in [5.74, 6) is -0.0663. The number of halogens is 1. The highest BCUT2D eigenvalue weighted by molar-refractivity contribution is 5.86. The van der Waals surface area contributed by atoms with Crippen molar-refractivity contribution in [1.29, 1.82) is 0 Å². The summed E-state index contributed by atoms with van der Waals surface area (Å²) in [5, 5.41) is 2.84. The van der Waals surface area contributed by atoms with E-state index in [1.54, 1.807) is 0 Å². The molecule has 0 aliphatic rings. The summed E-state index contributed by atoms with van der Waals surface area (Å²) in [6.07, 6.45) is 13.4. The monoisotopic (exact) mass is 332 g/mol. The molecule has 22 heavy (non-hydrogen) atoms. The molecule has 0 spiro atoms. The van der Waals surface area contributed by atoms with Crippen molar-refractivity contribution < 1.29 is 21.7 Å². The first-order valence-corrected chi connectivity index (χ1v) is 8.74. The highest BCUT2D eigenvalue weighted by Gasteiger charge is 2.13. The first-order chi connectivity index (χ1) is 10.0. The number of hydrogen-bond donors (Lipinski definition) is 1. The Morgan fingerprint density at radius 3 is 2.00 bits per heavy atom. The molecule has 1 amide bonds. The van der Waals surface area contributed by atoms with E-state index >= 15 is 0 Å². The second-order valence-electron chi connectivity index (χ2n) is 6.71. The number of quaternary nitrogens is 1. The van der Waals surface area contributed by atoms with Gasteiger partial charge in [0.1, 0.15) is 0 Å². The van der Waals surface area contributed by atoms with Crippen LogP contribution in [-0.4, -0.2) is 44.1 Å². The van der Waals surface area contributed by atoms with Crippen LogP contribution in [-0.2, 0) is 4.79 Å². The predicted octanol–water partition coefficient (Wildman–Crippen LogP) is 0.900. The van der Waals surface area contributed by atoms with Gasteiger partial charge in [-0.2, -0.15) is 0 Å². The Balaban J connectivity index is 0. The smallest absolute Gasteiger partial charge is 0.243 e. The number of hydrogen-bond acceptors (Lipinski definition) is 1. The standard InChI is InChI=1S/C18H36N2O.ClH/c1-5-7-8-9-10-11-12-13-16-20(3,4)17-14-15-19-18(21)6-2;/h6H,2,5,7-17H2,1,3-4H3;1H. The van der Waals surface area contributed by atoms with Crippen LogP contribution in [0, 0.1) is 0 Å². The van der Waals surface area contributed by atoms with Gasteiger partial charge < -0.3 is 22.2 Å². The van der Waals surface area contributed by atoms with Crippen molar-refractivity contribution in [2.75, 3.05) is 33.7 Å². The number of nitrogens with zero attached hydrogens (tertiary/aromatic N) is 1. The summed E-state index contributed by atoms with van der Waals surface area (Å²) in [6.45, 7) is 8.83. The minimum absolute atomic E-state index is 0. The van der Waals surface area contributed by atoms with Crippen LogP contribution < -0.4 is 17.7 Å². The molecule has 3 nitrogen and oxygen atoms in total. The first kappa shape index (κ1) is 23.7. The molecular formula is C18H37ClN2O. The average molecular weight is 333 g/mol. The van der Waals surface area contributed by atoms with E-state index in [9.17, 15) is 4.79 Å². The van der Waals surface area contributed by atoms with Crippen LogP contribution in [0.15, 0.2) is 12.7 Å². The van der Waals surface area contributed by atoms with Gasteiger partial charge in [0, 0.05) is 13.0 Å². The molecule has 0 atom stereocenters. The van der Waals surface area contributed by atoms with E-state index in [0.29, 0.717) is 0 Å². The minimum atomic E-state index is -0.0663. The third kappa shape index (κ3) is 15.8. The van der Waals surface area contributed by atoms with Gasteiger partial charge in [0.2, 0.25) is 5.91 Å². The van der Waals surface area contributed by atoms with E-state index in [4.69, 9.17) is 0 Å². The van der Waals surface area contributed by atoms with Crippen molar-refractivity contribution in [1.82, 2.24) is 5.32 Å². The third-order valence-corrected chi connectivity index (χ3v) is 4.04. The van der Waals surface area contributed by atoms with E-state index < -0.39 is 0 Å². The van der Waals surface area contributed by atoms with Crippen LogP contribution in [0.3, 0.4) is 0 Å². The van der Waals surface area contributed by atoms with Gasteiger partial charge in [0.15, 0.2) is 0 Å². The van der Waals surface area contributed by atoms with Gasteiger partial charge in [-0.1, -0.05) is 52.0 Å². The molecule has 132 valence electrons. The fourth-order valence-electron chi connectivity index (χ4n) is 2.58. The van der Waals surface area contributed by atoms with E-state index in [-0.39, 0.29) is 18.3 Å². The Hall–Kier alpha value is -0.540. The quantitative estimate of drug-likeness (QED) is 0.286. The average Bonchev–Trinajstić information content (AvgIpc) is 2.46. The number of carbonyl (C=O) groups is 1. The lowest BCUT2D eigenvalue weighted by atomic mass is 10.1. The maximum atomic E-state index is 11.0. The normalized spacial score (nSPS) is 10.9. The molecule has 0 aliphatic carbocycles. The Labute approximate surface area is 144 Å². The lowest BCUT2D eigenvalue weighted by molar-refractivity contribution is -0.890. The fourth-order valence-corrected chi connectivity index (χ4v) is 2.58. The molecule has 0 fully saturated rings. The summed E-state index contributed by atoms with van der Waals surface area (Å²) < 4.78 is 1.06. The molecule has 0 heterocycles. The van der Waals surface area contributed by atoms with Gasteiger partial charge in [0.05, 0.1) is 27.2 Å². The van der Waals surface area contributed by atoms with Crippen LogP contribution >= 0.6 is 0 Å². The summed E-state index contributed by atoms with van der Waals surface area (Å²) in [4.78, 5) is 11.0. The molecule has 0 aromatic rings. The Kier molecular flexibility index (Phi) is 16.6. The van der Waals surface area contributed by atoms with Gasteiger partial charge in [-0.3, -0.25) is 4.79 Å². The topological polar surface area (TPSA) is 29.1 Å². The lowest BCUT2D eigenvalue weighted by Gasteiger charge is -2.30. The number of carbonyl (C=O) groups excluding carboxylic acids is 1. The Morgan fingerprint density at radius 1 is 0.955 bits per heavy atom. The first-order valence-electron chi connectivity index (χ1n) is 8.74. The summed E-state index contributed by atoms with van der Waals surface area (Å²) >= 11 is 0. The summed E-state index contributed by atoms with van der Waals surface area (Å²) in [5.41, 5.74) is 0. The van der Waals surface area contributed by atoms with Crippen LogP contribution in [0.25, 0.3) is 0 Å². The molecular weight excluding hydrogens is 296 g/mol. The lowest BCUT2D eigenvalue weighted by Crippen LogP contribution is -3.00. The second-order valence-corrected chi connectivity index (χ2v) is 6.71. The molecule has 0 radical (unpaired) electrons. The predicted molar refractivity (Wildman–Crippen MR) is 92.3 cm³/mol. The molecule has 4 heteroatoms. The number of rotatable bonds is 14. The maximum absolute atomic E-state index is 11.0. The number of nitrogens with one attached hydrogen (secondary N) is 1. The number of amides is 1. The largest absolute Gasteiger partial charge is 1.00 e. The Morgan fingerprint density at radius 2 is 1.45 bits per heavy atom. The molecule has 0 rings (SSSR count). The zero-order chi connectivity index (χ0) is 16.0. The molecule has 1 N–H and O–H groups in total. The van der Waals surface area contributed by atoms with E-state index in [1.165, 1.54) is 64.0 Å². The van der Waals surface area contributed by atoms with E-state index in [1.807, 2.05) is 0 Å². The summed E-state index contributed by atoms with van der Waals surface area (Å²) in [7, 11) is 4.58.